The van der Waals surface area contributed by atoms with Crippen LogP contribution in [0, 0.1) is 6.92 Å². The second-order valence-electron chi connectivity index (χ2n) is 7.55. The zero-order valence-corrected chi connectivity index (χ0v) is 17.0. The molecule has 0 aliphatic carbocycles. The number of carbonyl (C=O) groups is 1. The van der Waals surface area contributed by atoms with Gasteiger partial charge in [0.05, 0.1) is 30.7 Å². The minimum absolute atomic E-state index is 0.00864. The first-order valence-corrected chi connectivity index (χ1v) is 10.1. The van der Waals surface area contributed by atoms with Crippen molar-refractivity contribution >= 4 is 16.8 Å². The van der Waals surface area contributed by atoms with Crippen molar-refractivity contribution in [2.24, 2.45) is 0 Å². The van der Waals surface area contributed by atoms with E-state index < -0.39 is 0 Å². The van der Waals surface area contributed by atoms with E-state index in [1.165, 1.54) is 0 Å². The highest BCUT2D eigenvalue weighted by molar-refractivity contribution is 5.96. The number of aromatic nitrogens is 4. The SMILES string of the molecule is Cc1cc(-n2cc(-c3cc4ccccc4[nH]c3=O)nn2)ccc1C(=O)N1CCOCC1. The van der Waals surface area contributed by atoms with Gasteiger partial charge in [0.1, 0.15) is 5.69 Å². The van der Waals surface area contributed by atoms with Crippen molar-refractivity contribution in [3.8, 4) is 16.9 Å². The van der Waals surface area contributed by atoms with Crippen LogP contribution >= 0.6 is 0 Å². The van der Waals surface area contributed by atoms with Gasteiger partial charge in [-0.25, -0.2) is 4.68 Å². The predicted octanol–water partition coefficient (Wildman–Crippen LogP) is 2.56. The van der Waals surface area contributed by atoms with Crippen LogP contribution in [0.1, 0.15) is 15.9 Å². The molecule has 4 aromatic rings. The van der Waals surface area contributed by atoms with Crippen LogP contribution in [0.4, 0.5) is 0 Å². The molecule has 5 rings (SSSR count). The Labute approximate surface area is 178 Å². The third-order valence-electron chi connectivity index (χ3n) is 5.53. The molecule has 31 heavy (non-hydrogen) atoms. The summed E-state index contributed by atoms with van der Waals surface area (Å²) in [5.74, 6) is 0.00864. The maximum Gasteiger partial charge on any atom is 0.258 e. The quantitative estimate of drug-likeness (QED) is 0.555. The van der Waals surface area contributed by atoms with Crippen LogP contribution in [0.2, 0.25) is 0 Å². The standard InChI is InChI=1S/C23H21N5O3/c1-15-12-17(6-7-18(15)23(30)27-8-10-31-11-9-27)28-14-21(25-26-28)19-13-16-4-2-3-5-20(16)24-22(19)29/h2-7,12-14H,8-11H2,1H3,(H,24,29). The Morgan fingerprint density at radius 2 is 1.90 bits per heavy atom. The fraction of sp³-hybridized carbons (Fsp3) is 0.217. The Morgan fingerprint density at radius 1 is 1.10 bits per heavy atom. The van der Waals surface area contributed by atoms with Gasteiger partial charge < -0.3 is 14.6 Å². The molecule has 1 amide bonds. The molecule has 0 spiro atoms. The van der Waals surface area contributed by atoms with Crippen molar-refractivity contribution in [3.63, 3.8) is 0 Å². The van der Waals surface area contributed by atoms with Gasteiger partial charge in [0.15, 0.2) is 0 Å². The van der Waals surface area contributed by atoms with Gasteiger partial charge in [-0.05, 0) is 48.2 Å². The van der Waals surface area contributed by atoms with E-state index in [0.29, 0.717) is 43.1 Å². The fourth-order valence-corrected chi connectivity index (χ4v) is 3.82. The average Bonchev–Trinajstić information content (AvgIpc) is 3.29. The van der Waals surface area contributed by atoms with Crippen molar-refractivity contribution in [1.29, 1.82) is 0 Å². The third-order valence-corrected chi connectivity index (χ3v) is 5.53. The second kappa shape index (κ2) is 7.81. The van der Waals surface area contributed by atoms with Crippen LogP contribution in [-0.4, -0.2) is 57.1 Å². The molecule has 8 nitrogen and oxygen atoms in total. The minimum Gasteiger partial charge on any atom is -0.378 e. The number of H-pyrrole nitrogens is 1. The number of nitrogens with zero attached hydrogens (tertiary/aromatic N) is 4. The number of pyridine rings is 1. The summed E-state index contributed by atoms with van der Waals surface area (Å²) in [5, 5.41) is 9.31. The lowest BCUT2D eigenvalue weighted by molar-refractivity contribution is 0.0302. The average molecular weight is 415 g/mol. The Kier molecular flexibility index (Phi) is 4.83. The van der Waals surface area contributed by atoms with Gasteiger partial charge >= 0.3 is 0 Å². The molecule has 1 N–H and O–H groups in total. The summed E-state index contributed by atoms with van der Waals surface area (Å²) >= 11 is 0. The molecule has 156 valence electrons. The number of aromatic amines is 1. The molecule has 2 aromatic heterocycles. The predicted molar refractivity (Wildman–Crippen MR) is 116 cm³/mol. The molecule has 0 bridgehead atoms. The van der Waals surface area contributed by atoms with Crippen LogP contribution in [-0.2, 0) is 4.74 Å². The Bertz CT molecular complexity index is 1330. The Balaban J connectivity index is 1.45. The van der Waals surface area contributed by atoms with Gasteiger partial charge in [-0.2, -0.15) is 0 Å². The lowest BCUT2D eigenvalue weighted by Gasteiger charge is -2.27. The fourth-order valence-electron chi connectivity index (χ4n) is 3.82. The Hall–Kier alpha value is -3.78. The number of benzene rings is 2. The summed E-state index contributed by atoms with van der Waals surface area (Å²) in [6.07, 6.45) is 1.72. The van der Waals surface area contributed by atoms with Gasteiger partial charge in [0, 0.05) is 24.2 Å². The number of hydrogen-bond donors (Lipinski definition) is 1. The molecule has 3 heterocycles. The molecule has 0 radical (unpaired) electrons. The molecule has 0 saturated carbocycles. The molecule has 0 unspecified atom stereocenters. The molecule has 8 heteroatoms. The lowest BCUT2D eigenvalue weighted by Crippen LogP contribution is -2.40. The molecular formula is C23H21N5O3. The first kappa shape index (κ1) is 19.2. The first-order chi connectivity index (χ1) is 15.1. The molecule has 1 fully saturated rings. The van der Waals surface area contributed by atoms with Crippen LogP contribution < -0.4 is 5.56 Å². The smallest absolute Gasteiger partial charge is 0.258 e. The normalized spacial score (nSPS) is 14.2. The number of morpholine rings is 1. The van der Waals surface area contributed by atoms with E-state index in [0.717, 1.165) is 22.2 Å². The first-order valence-electron chi connectivity index (χ1n) is 10.1. The highest BCUT2D eigenvalue weighted by Gasteiger charge is 2.20. The van der Waals surface area contributed by atoms with E-state index in [-0.39, 0.29) is 11.5 Å². The van der Waals surface area contributed by atoms with Gasteiger partial charge in [-0.15, -0.1) is 5.10 Å². The van der Waals surface area contributed by atoms with Crippen LogP contribution in [0.5, 0.6) is 0 Å². The van der Waals surface area contributed by atoms with Gasteiger partial charge in [-0.1, -0.05) is 23.4 Å². The lowest BCUT2D eigenvalue weighted by atomic mass is 10.1. The number of ether oxygens (including phenoxy) is 1. The number of hydrogen-bond acceptors (Lipinski definition) is 5. The number of amides is 1. The van der Waals surface area contributed by atoms with Gasteiger partial charge in [0.25, 0.3) is 11.5 Å². The van der Waals surface area contributed by atoms with Crippen molar-refractivity contribution < 1.29 is 9.53 Å². The summed E-state index contributed by atoms with van der Waals surface area (Å²) in [4.78, 5) is 30.0. The minimum atomic E-state index is -0.214. The van der Waals surface area contributed by atoms with Crippen molar-refractivity contribution in [3.05, 3.63) is 76.2 Å². The third kappa shape index (κ3) is 3.62. The maximum absolute atomic E-state index is 12.8. The second-order valence-corrected chi connectivity index (χ2v) is 7.55. The number of nitrogens with one attached hydrogen (secondary N) is 1. The van der Waals surface area contributed by atoms with E-state index in [9.17, 15) is 9.59 Å². The zero-order valence-electron chi connectivity index (χ0n) is 17.0. The van der Waals surface area contributed by atoms with Crippen LogP contribution in [0.25, 0.3) is 27.8 Å². The highest BCUT2D eigenvalue weighted by atomic mass is 16.5. The summed E-state index contributed by atoms with van der Waals surface area (Å²) in [6, 6.07) is 15.0. The molecule has 0 atom stereocenters. The van der Waals surface area contributed by atoms with Gasteiger partial charge in [-0.3, -0.25) is 9.59 Å². The number of para-hydroxylation sites is 1. The highest BCUT2D eigenvalue weighted by Crippen LogP contribution is 2.20. The molecule has 1 aliphatic rings. The van der Waals surface area contributed by atoms with E-state index >= 15 is 0 Å². The van der Waals surface area contributed by atoms with E-state index in [1.54, 1.807) is 10.9 Å². The number of rotatable bonds is 3. The van der Waals surface area contributed by atoms with Gasteiger partial charge in [0.2, 0.25) is 0 Å². The Morgan fingerprint density at radius 3 is 2.71 bits per heavy atom. The van der Waals surface area contributed by atoms with Crippen LogP contribution in [0.15, 0.2) is 59.5 Å². The van der Waals surface area contributed by atoms with E-state index in [1.807, 2.05) is 60.4 Å². The van der Waals surface area contributed by atoms with E-state index in [4.69, 9.17) is 4.74 Å². The summed E-state index contributed by atoms with van der Waals surface area (Å²) in [5.41, 5.74) is 3.80. The zero-order chi connectivity index (χ0) is 21.4. The molecular weight excluding hydrogens is 394 g/mol. The van der Waals surface area contributed by atoms with Crippen molar-refractivity contribution in [1.82, 2.24) is 24.9 Å². The number of carbonyl (C=O) groups excluding carboxylic acids is 1. The van der Waals surface area contributed by atoms with Crippen LogP contribution in [0.3, 0.4) is 0 Å². The van der Waals surface area contributed by atoms with Crippen molar-refractivity contribution in [2.45, 2.75) is 6.92 Å². The molecule has 1 saturated heterocycles. The monoisotopic (exact) mass is 415 g/mol. The molecule has 1 aliphatic heterocycles. The molecule has 2 aromatic carbocycles. The topological polar surface area (TPSA) is 93.1 Å². The van der Waals surface area contributed by atoms with E-state index in [2.05, 4.69) is 15.3 Å². The number of aryl methyl sites for hydroxylation is 1. The number of fused-ring (bicyclic) bond motifs is 1. The maximum atomic E-state index is 12.8. The largest absolute Gasteiger partial charge is 0.378 e. The summed E-state index contributed by atoms with van der Waals surface area (Å²) in [7, 11) is 0. The summed E-state index contributed by atoms with van der Waals surface area (Å²) < 4.78 is 6.94. The summed E-state index contributed by atoms with van der Waals surface area (Å²) in [6.45, 7) is 4.25. The van der Waals surface area contributed by atoms with Crippen molar-refractivity contribution in [2.75, 3.05) is 26.3 Å².